The Hall–Kier alpha value is -2.21. The van der Waals surface area contributed by atoms with Crippen LogP contribution in [-0.4, -0.2) is 27.0 Å². The predicted octanol–water partition coefficient (Wildman–Crippen LogP) is 1.90. The summed E-state index contributed by atoms with van der Waals surface area (Å²) in [4.78, 5) is 21.0. The van der Waals surface area contributed by atoms with E-state index in [0.717, 1.165) is 21.9 Å². The molecule has 0 saturated heterocycles. The number of thiazole rings is 1. The minimum atomic E-state index is -0.0325. The van der Waals surface area contributed by atoms with Gasteiger partial charge in [-0.05, 0) is 12.1 Å². The van der Waals surface area contributed by atoms with Gasteiger partial charge in [0.25, 0.3) is 5.91 Å². The molecule has 1 N–H and O–H groups in total. The van der Waals surface area contributed by atoms with E-state index in [2.05, 4.69) is 19.9 Å². The third-order valence-electron chi connectivity index (χ3n) is 3.26. The average Bonchev–Trinajstić information content (AvgIpc) is 3.01. The average molecular weight is 270 g/mol. The Kier molecular flexibility index (Phi) is 2.19. The van der Waals surface area contributed by atoms with Gasteiger partial charge < -0.3 is 9.88 Å². The molecule has 0 fully saturated rings. The van der Waals surface area contributed by atoms with E-state index in [1.807, 2.05) is 23.6 Å². The molecule has 0 radical (unpaired) electrons. The zero-order valence-corrected chi connectivity index (χ0v) is 10.8. The summed E-state index contributed by atoms with van der Waals surface area (Å²) in [5.74, 6) is 0.809. The van der Waals surface area contributed by atoms with E-state index in [1.54, 1.807) is 17.5 Å². The number of nitrogens with one attached hydrogen (secondary N) is 1. The lowest BCUT2D eigenvalue weighted by molar-refractivity contribution is 0.0956. The van der Waals surface area contributed by atoms with E-state index >= 15 is 0 Å². The number of para-hydroxylation sites is 1. The molecule has 0 aliphatic carbocycles. The number of amides is 1. The SMILES string of the molecule is O=C1NCCn2c(-c3nccs3)nc3cccc1c32. The maximum Gasteiger partial charge on any atom is 0.253 e. The van der Waals surface area contributed by atoms with Gasteiger partial charge in [-0.1, -0.05) is 6.07 Å². The number of nitrogens with zero attached hydrogens (tertiary/aromatic N) is 3. The van der Waals surface area contributed by atoms with Crippen LogP contribution in [-0.2, 0) is 6.54 Å². The van der Waals surface area contributed by atoms with Crippen molar-refractivity contribution in [2.45, 2.75) is 6.54 Å². The molecule has 3 heterocycles. The Bertz CT molecular complexity index is 775. The molecule has 94 valence electrons. The highest BCUT2D eigenvalue weighted by atomic mass is 32.1. The van der Waals surface area contributed by atoms with E-state index < -0.39 is 0 Å². The van der Waals surface area contributed by atoms with Crippen molar-refractivity contribution in [1.29, 1.82) is 0 Å². The van der Waals surface area contributed by atoms with Gasteiger partial charge in [0.1, 0.15) is 0 Å². The van der Waals surface area contributed by atoms with Crippen LogP contribution in [0.4, 0.5) is 0 Å². The van der Waals surface area contributed by atoms with Gasteiger partial charge in [0.2, 0.25) is 0 Å². The van der Waals surface area contributed by atoms with Gasteiger partial charge >= 0.3 is 0 Å². The van der Waals surface area contributed by atoms with E-state index in [4.69, 9.17) is 0 Å². The van der Waals surface area contributed by atoms with Crippen molar-refractivity contribution in [3.05, 3.63) is 35.3 Å². The van der Waals surface area contributed by atoms with Crippen molar-refractivity contribution in [1.82, 2.24) is 19.9 Å². The third-order valence-corrected chi connectivity index (χ3v) is 4.02. The molecule has 1 amide bonds. The first-order valence-electron chi connectivity index (χ1n) is 6.02. The second-order valence-corrected chi connectivity index (χ2v) is 5.25. The number of benzene rings is 1. The van der Waals surface area contributed by atoms with Crippen LogP contribution in [0.5, 0.6) is 0 Å². The molecule has 5 nitrogen and oxygen atoms in total. The molecule has 1 aliphatic rings. The van der Waals surface area contributed by atoms with Crippen molar-refractivity contribution < 1.29 is 4.79 Å². The van der Waals surface area contributed by atoms with Gasteiger partial charge in [-0.3, -0.25) is 4.79 Å². The van der Waals surface area contributed by atoms with Crippen LogP contribution in [0.1, 0.15) is 10.4 Å². The normalized spacial score (nSPS) is 14.4. The summed E-state index contributed by atoms with van der Waals surface area (Å²) in [6.07, 6.45) is 1.77. The van der Waals surface area contributed by atoms with Gasteiger partial charge in [-0.2, -0.15) is 0 Å². The summed E-state index contributed by atoms with van der Waals surface area (Å²) >= 11 is 1.56. The zero-order valence-electron chi connectivity index (χ0n) is 9.96. The van der Waals surface area contributed by atoms with Crippen molar-refractivity contribution in [3.63, 3.8) is 0 Å². The first-order valence-corrected chi connectivity index (χ1v) is 6.90. The summed E-state index contributed by atoms with van der Waals surface area (Å²) in [5.41, 5.74) is 2.44. The third kappa shape index (κ3) is 1.50. The van der Waals surface area contributed by atoms with Crippen LogP contribution in [0.15, 0.2) is 29.8 Å². The molecule has 0 saturated carbocycles. The first-order chi connectivity index (χ1) is 9.34. The Morgan fingerprint density at radius 1 is 1.37 bits per heavy atom. The molecule has 0 unspecified atom stereocenters. The van der Waals surface area contributed by atoms with Crippen LogP contribution in [0, 0.1) is 0 Å². The number of rotatable bonds is 1. The minimum Gasteiger partial charge on any atom is -0.350 e. The van der Waals surface area contributed by atoms with Gasteiger partial charge in [0.15, 0.2) is 10.8 Å². The van der Waals surface area contributed by atoms with Gasteiger partial charge in [-0.25, -0.2) is 9.97 Å². The molecule has 19 heavy (non-hydrogen) atoms. The predicted molar refractivity (Wildman–Crippen MR) is 73.2 cm³/mol. The largest absolute Gasteiger partial charge is 0.350 e. The van der Waals surface area contributed by atoms with Crippen molar-refractivity contribution in [2.24, 2.45) is 0 Å². The topological polar surface area (TPSA) is 59.8 Å². The summed E-state index contributed by atoms with van der Waals surface area (Å²) in [6.45, 7) is 1.32. The fourth-order valence-electron chi connectivity index (χ4n) is 2.46. The Morgan fingerprint density at radius 2 is 2.32 bits per heavy atom. The Labute approximate surface area is 112 Å². The molecular formula is C13H10N4OS. The Morgan fingerprint density at radius 3 is 3.16 bits per heavy atom. The molecule has 1 aliphatic heterocycles. The zero-order chi connectivity index (χ0) is 12.8. The fourth-order valence-corrected chi connectivity index (χ4v) is 3.09. The van der Waals surface area contributed by atoms with Gasteiger partial charge in [0, 0.05) is 24.7 Å². The van der Waals surface area contributed by atoms with Crippen LogP contribution < -0.4 is 5.32 Å². The highest BCUT2D eigenvalue weighted by molar-refractivity contribution is 7.13. The lowest BCUT2D eigenvalue weighted by Gasteiger charge is -2.04. The van der Waals surface area contributed by atoms with Crippen LogP contribution in [0.2, 0.25) is 0 Å². The van der Waals surface area contributed by atoms with E-state index in [0.29, 0.717) is 18.7 Å². The van der Waals surface area contributed by atoms with Crippen LogP contribution in [0.25, 0.3) is 21.9 Å². The van der Waals surface area contributed by atoms with E-state index in [-0.39, 0.29) is 5.91 Å². The summed E-state index contributed by atoms with van der Waals surface area (Å²) < 4.78 is 2.08. The molecule has 6 heteroatoms. The monoisotopic (exact) mass is 270 g/mol. The highest BCUT2D eigenvalue weighted by Gasteiger charge is 2.22. The number of aromatic nitrogens is 3. The smallest absolute Gasteiger partial charge is 0.253 e. The van der Waals surface area contributed by atoms with Crippen LogP contribution >= 0.6 is 11.3 Å². The van der Waals surface area contributed by atoms with Crippen LogP contribution in [0.3, 0.4) is 0 Å². The summed E-state index contributed by atoms with van der Waals surface area (Å²) in [6, 6.07) is 5.64. The molecule has 1 aromatic carbocycles. The maximum absolute atomic E-state index is 12.0. The molecule has 0 spiro atoms. The summed E-state index contributed by atoms with van der Waals surface area (Å²) in [7, 11) is 0. The standard InChI is InChI=1S/C13H10N4OS/c18-12-8-2-1-3-9-10(8)17(6-4-14-12)11(16-9)13-15-5-7-19-13/h1-3,5,7H,4,6H2,(H,14,18). The first kappa shape index (κ1) is 10.7. The highest BCUT2D eigenvalue weighted by Crippen LogP contribution is 2.29. The molecule has 2 aromatic heterocycles. The molecular weight excluding hydrogens is 260 g/mol. The molecule has 4 rings (SSSR count). The number of imidazole rings is 1. The number of hydrogen-bond acceptors (Lipinski definition) is 4. The maximum atomic E-state index is 12.0. The van der Waals surface area contributed by atoms with Crippen molar-refractivity contribution >= 4 is 28.3 Å². The second kappa shape index (κ2) is 3.89. The fraction of sp³-hybridized carbons (Fsp3) is 0.154. The Balaban J connectivity index is 2.10. The lowest BCUT2D eigenvalue weighted by atomic mass is 10.2. The van der Waals surface area contributed by atoms with E-state index in [1.165, 1.54) is 0 Å². The number of carbonyl (C=O) groups excluding carboxylic acids is 1. The molecule has 0 atom stereocenters. The van der Waals surface area contributed by atoms with Crippen molar-refractivity contribution in [2.75, 3.05) is 6.54 Å². The number of hydrogen-bond donors (Lipinski definition) is 1. The minimum absolute atomic E-state index is 0.0325. The van der Waals surface area contributed by atoms with E-state index in [9.17, 15) is 4.79 Å². The molecule has 0 bridgehead atoms. The molecule has 3 aromatic rings. The van der Waals surface area contributed by atoms with Crippen molar-refractivity contribution in [3.8, 4) is 10.8 Å². The quantitative estimate of drug-likeness (QED) is 0.734. The lowest BCUT2D eigenvalue weighted by Crippen LogP contribution is -2.24. The second-order valence-electron chi connectivity index (χ2n) is 4.35. The van der Waals surface area contributed by atoms with Gasteiger partial charge in [0.05, 0.1) is 16.6 Å². The van der Waals surface area contributed by atoms with Gasteiger partial charge in [-0.15, -0.1) is 11.3 Å². The summed E-state index contributed by atoms with van der Waals surface area (Å²) in [5, 5.41) is 5.72. The number of carbonyl (C=O) groups is 1.